The summed E-state index contributed by atoms with van der Waals surface area (Å²) in [7, 11) is 0. The minimum Gasteiger partial charge on any atom is -0.480 e. The summed E-state index contributed by atoms with van der Waals surface area (Å²) in [5.41, 5.74) is 9.68. The quantitative estimate of drug-likeness (QED) is 0.687. The lowest BCUT2D eigenvalue weighted by atomic mass is 10.0. The van der Waals surface area contributed by atoms with Crippen molar-refractivity contribution in [1.82, 2.24) is 4.98 Å². The molecule has 4 N–H and O–H groups in total. The Bertz CT molecular complexity index is 742. The second-order valence-electron chi connectivity index (χ2n) is 5.12. The van der Waals surface area contributed by atoms with Gasteiger partial charge in [0.25, 0.3) is 0 Å². The Morgan fingerprint density at radius 3 is 2.52 bits per heavy atom. The maximum Gasteiger partial charge on any atom is 0.320 e. The average Bonchev–Trinajstić information content (AvgIpc) is 2.91. The van der Waals surface area contributed by atoms with Crippen molar-refractivity contribution >= 4 is 16.9 Å². The summed E-state index contributed by atoms with van der Waals surface area (Å²) >= 11 is 0. The monoisotopic (exact) mass is 280 g/mol. The first kappa shape index (κ1) is 13.4. The minimum absolute atomic E-state index is 0.336. The molecular weight excluding hydrogens is 264 g/mol. The molecule has 0 radical (unpaired) electrons. The zero-order valence-corrected chi connectivity index (χ0v) is 11.4. The highest BCUT2D eigenvalue weighted by molar-refractivity contribution is 5.85. The van der Waals surface area contributed by atoms with Crippen molar-refractivity contribution in [3.05, 3.63) is 60.2 Å². The van der Waals surface area contributed by atoms with E-state index in [0.29, 0.717) is 6.42 Å². The lowest BCUT2D eigenvalue weighted by molar-refractivity contribution is -0.138. The van der Waals surface area contributed by atoms with Crippen molar-refractivity contribution < 1.29 is 9.90 Å². The number of carboxylic acid groups (broad SMARTS) is 1. The fraction of sp³-hybridized carbons (Fsp3) is 0.118. The molecule has 3 aromatic rings. The molecule has 0 saturated heterocycles. The number of aliphatic carboxylic acids is 1. The van der Waals surface area contributed by atoms with Gasteiger partial charge in [0.15, 0.2) is 0 Å². The predicted molar refractivity (Wildman–Crippen MR) is 83.0 cm³/mol. The van der Waals surface area contributed by atoms with Crippen molar-refractivity contribution in [3.8, 4) is 11.3 Å². The van der Waals surface area contributed by atoms with E-state index in [9.17, 15) is 4.79 Å². The van der Waals surface area contributed by atoms with Crippen molar-refractivity contribution in [2.45, 2.75) is 12.5 Å². The van der Waals surface area contributed by atoms with Crippen LogP contribution in [0.25, 0.3) is 22.2 Å². The smallest absolute Gasteiger partial charge is 0.320 e. The van der Waals surface area contributed by atoms with Crippen LogP contribution in [-0.2, 0) is 11.2 Å². The van der Waals surface area contributed by atoms with E-state index in [4.69, 9.17) is 10.8 Å². The third-order valence-corrected chi connectivity index (χ3v) is 3.57. The maximum absolute atomic E-state index is 10.8. The number of carboxylic acids is 1. The number of carbonyl (C=O) groups is 1. The number of para-hydroxylation sites is 1. The topological polar surface area (TPSA) is 79.1 Å². The van der Waals surface area contributed by atoms with Crippen LogP contribution in [0, 0.1) is 0 Å². The zero-order chi connectivity index (χ0) is 14.8. The normalized spacial score (nSPS) is 12.4. The van der Waals surface area contributed by atoms with Crippen molar-refractivity contribution in [1.29, 1.82) is 0 Å². The summed E-state index contributed by atoms with van der Waals surface area (Å²) in [5, 5.41) is 10.00. The van der Waals surface area contributed by atoms with E-state index in [1.165, 1.54) is 5.39 Å². The van der Waals surface area contributed by atoms with Crippen molar-refractivity contribution in [2.24, 2.45) is 5.73 Å². The van der Waals surface area contributed by atoms with E-state index in [-0.39, 0.29) is 0 Å². The zero-order valence-electron chi connectivity index (χ0n) is 11.4. The molecule has 4 heteroatoms. The summed E-state index contributed by atoms with van der Waals surface area (Å²) in [5.74, 6) is -0.977. The van der Waals surface area contributed by atoms with Gasteiger partial charge in [0, 0.05) is 16.6 Å². The summed E-state index contributed by atoms with van der Waals surface area (Å²) < 4.78 is 0. The summed E-state index contributed by atoms with van der Waals surface area (Å²) in [6.45, 7) is 0. The van der Waals surface area contributed by atoms with Gasteiger partial charge >= 0.3 is 5.97 Å². The highest BCUT2D eigenvalue weighted by Crippen LogP contribution is 2.24. The molecule has 0 aliphatic heterocycles. The minimum atomic E-state index is -0.977. The Morgan fingerprint density at radius 1 is 1.14 bits per heavy atom. The number of hydrogen-bond donors (Lipinski definition) is 3. The van der Waals surface area contributed by atoms with Crippen LogP contribution < -0.4 is 5.73 Å². The Labute approximate surface area is 122 Å². The highest BCUT2D eigenvalue weighted by atomic mass is 16.4. The largest absolute Gasteiger partial charge is 0.480 e. The Balaban J connectivity index is 1.85. The molecule has 0 saturated carbocycles. The van der Waals surface area contributed by atoms with Crippen LogP contribution in [0.15, 0.2) is 54.6 Å². The van der Waals surface area contributed by atoms with Gasteiger partial charge in [-0.25, -0.2) is 0 Å². The third kappa shape index (κ3) is 2.80. The molecule has 0 fully saturated rings. The van der Waals surface area contributed by atoms with Gasteiger partial charge in [0.05, 0.1) is 0 Å². The first-order chi connectivity index (χ1) is 10.1. The number of rotatable bonds is 4. The molecule has 0 unspecified atom stereocenters. The van der Waals surface area contributed by atoms with Crippen LogP contribution in [-0.4, -0.2) is 22.1 Å². The first-order valence-corrected chi connectivity index (χ1v) is 6.79. The standard InChI is InChI=1S/C17H16N2O2/c18-14(17(20)21)9-11-5-7-12(8-6-11)16-10-13-3-1-2-4-15(13)19-16/h1-8,10,14,19H,9,18H2,(H,20,21)/t14-/m0/s1. The van der Waals surface area contributed by atoms with Gasteiger partial charge in [-0.2, -0.15) is 0 Å². The molecule has 21 heavy (non-hydrogen) atoms. The first-order valence-electron chi connectivity index (χ1n) is 6.79. The Kier molecular flexibility index (Phi) is 3.46. The molecule has 0 bridgehead atoms. The van der Waals surface area contributed by atoms with Gasteiger partial charge in [-0.15, -0.1) is 0 Å². The van der Waals surface area contributed by atoms with Crippen LogP contribution in [0.1, 0.15) is 5.56 Å². The molecule has 3 rings (SSSR count). The van der Waals surface area contributed by atoms with Crippen molar-refractivity contribution in [3.63, 3.8) is 0 Å². The SMILES string of the molecule is N[C@@H](Cc1ccc(-c2cc3ccccc3[nH]2)cc1)C(=O)O. The van der Waals surface area contributed by atoms with E-state index in [0.717, 1.165) is 22.3 Å². The predicted octanol–water partition coefficient (Wildman–Crippen LogP) is 2.79. The van der Waals surface area contributed by atoms with Crippen LogP contribution in [0.3, 0.4) is 0 Å². The van der Waals surface area contributed by atoms with Crippen molar-refractivity contribution in [2.75, 3.05) is 0 Å². The number of benzene rings is 2. The van der Waals surface area contributed by atoms with Crippen LogP contribution in [0.5, 0.6) is 0 Å². The summed E-state index contributed by atoms with van der Waals surface area (Å²) in [6.07, 6.45) is 0.336. The molecule has 0 amide bonds. The lowest BCUT2D eigenvalue weighted by Gasteiger charge is -2.07. The number of H-pyrrole nitrogens is 1. The van der Waals surface area contributed by atoms with E-state index >= 15 is 0 Å². The van der Waals surface area contributed by atoms with Crippen LogP contribution >= 0.6 is 0 Å². The molecule has 1 atom stereocenters. The summed E-state index contributed by atoms with van der Waals surface area (Å²) in [6, 6.07) is 17.2. The van der Waals surface area contributed by atoms with E-state index < -0.39 is 12.0 Å². The van der Waals surface area contributed by atoms with E-state index in [1.54, 1.807) is 0 Å². The van der Waals surface area contributed by atoms with Gasteiger partial charge in [-0.05, 0) is 29.7 Å². The second kappa shape index (κ2) is 5.42. The number of aromatic nitrogens is 1. The second-order valence-corrected chi connectivity index (χ2v) is 5.12. The van der Waals surface area contributed by atoms with Gasteiger partial charge in [0.1, 0.15) is 6.04 Å². The average molecular weight is 280 g/mol. The molecule has 1 heterocycles. The molecule has 0 aliphatic rings. The molecule has 0 aliphatic carbocycles. The number of aromatic amines is 1. The fourth-order valence-electron chi connectivity index (χ4n) is 2.39. The highest BCUT2D eigenvalue weighted by Gasteiger charge is 2.12. The van der Waals surface area contributed by atoms with Crippen LogP contribution in [0.4, 0.5) is 0 Å². The van der Waals surface area contributed by atoms with Gasteiger partial charge in [-0.1, -0.05) is 42.5 Å². The summed E-state index contributed by atoms with van der Waals surface area (Å²) in [4.78, 5) is 14.1. The Hall–Kier alpha value is -2.59. The fourth-order valence-corrected chi connectivity index (χ4v) is 2.39. The molecule has 1 aromatic heterocycles. The maximum atomic E-state index is 10.8. The van der Waals surface area contributed by atoms with Gasteiger partial charge in [0.2, 0.25) is 0 Å². The lowest BCUT2D eigenvalue weighted by Crippen LogP contribution is -2.32. The van der Waals surface area contributed by atoms with Gasteiger partial charge in [-0.3, -0.25) is 4.79 Å². The molecule has 4 nitrogen and oxygen atoms in total. The number of nitrogens with two attached hydrogens (primary N) is 1. The molecule has 106 valence electrons. The van der Waals surface area contributed by atoms with Gasteiger partial charge < -0.3 is 15.8 Å². The number of hydrogen-bond acceptors (Lipinski definition) is 2. The van der Waals surface area contributed by atoms with E-state index in [1.807, 2.05) is 42.5 Å². The van der Waals surface area contributed by atoms with Crippen LogP contribution in [0.2, 0.25) is 0 Å². The molecule has 0 spiro atoms. The number of nitrogens with one attached hydrogen (secondary N) is 1. The third-order valence-electron chi connectivity index (χ3n) is 3.57. The van der Waals surface area contributed by atoms with E-state index in [2.05, 4.69) is 17.1 Å². The molecule has 2 aromatic carbocycles. The number of fused-ring (bicyclic) bond motifs is 1. The Morgan fingerprint density at radius 2 is 1.86 bits per heavy atom. The molecular formula is C17H16N2O2.